The predicted octanol–water partition coefficient (Wildman–Crippen LogP) is 1.60. The molecule has 1 aliphatic heterocycles. The minimum atomic E-state index is -4.08. The molecule has 3 aromatic rings. The zero-order valence-corrected chi connectivity index (χ0v) is 17.5. The number of H-pyrrole nitrogens is 1. The number of fused-ring (bicyclic) bond motifs is 1. The minimum Gasteiger partial charge on any atom is -0.393 e. The van der Waals surface area contributed by atoms with Crippen LogP contribution in [0, 0.1) is 11.6 Å². The van der Waals surface area contributed by atoms with Gasteiger partial charge in [0, 0.05) is 30.4 Å². The third-order valence-corrected chi connectivity index (χ3v) is 7.42. The molecule has 2 heterocycles. The van der Waals surface area contributed by atoms with Gasteiger partial charge in [-0.3, -0.25) is 4.79 Å². The van der Waals surface area contributed by atoms with Crippen molar-refractivity contribution in [3.8, 4) is 0 Å². The number of aromatic nitrogens is 2. The van der Waals surface area contributed by atoms with E-state index in [9.17, 15) is 32.2 Å². The summed E-state index contributed by atoms with van der Waals surface area (Å²) in [6.45, 7) is -0.494. The lowest BCUT2D eigenvalue weighted by Gasteiger charge is -2.36. The highest BCUT2D eigenvalue weighted by atomic mass is 32.2. The Hall–Kier alpha value is -2.93. The summed E-state index contributed by atoms with van der Waals surface area (Å²) < 4.78 is 54.4. The lowest BCUT2D eigenvalue weighted by atomic mass is 9.94. The second-order valence-electron chi connectivity index (χ2n) is 7.64. The van der Waals surface area contributed by atoms with Crippen molar-refractivity contribution in [2.45, 2.75) is 23.3 Å². The Morgan fingerprint density at radius 2 is 1.91 bits per heavy atom. The van der Waals surface area contributed by atoms with E-state index in [0.29, 0.717) is 0 Å². The third-order valence-electron chi connectivity index (χ3n) is 5.50. The number of carbonyl (C=O) groups excluding carboxylic acids is 1. The fourth-order valence-electron chi connectivity index (χ4n) is 3.57. The Labute approximate surface area is 181 Å². The van der Waals surface area contributed by atoms with E-state index in [2.05, 4.69) is 15.3 Å². The number of carbonyl (C=O) groups is 1. The van der Waals surface area contributed by atoms with Gasteiger partial charge >= 0.3 is 0 Å². The number of amides is 1. The van der Waals surface area contributed by atoms with Crippen molar-refractivity contribution in [1.29, 1.82) is 0 Å². The van der Waals surface area contributed by atoms with Crippen LogP contribution in [0.25, 0.3) is 11.0 Å². The maximum atomic E-state index is 13.4. The monoisotopic (exact) mass is 466 g/mol. The lowest BCUT2D eigenvalue weighted by Crippen LogP contribution is -2.48. The number of halogens is 2. The number of hydrogen-bond donors (Lipinski definition) is 4. The first kappa shape index (κ1) is 22.3. The number of imidazole rings is 1. The van der Waals surface area contributed by atoms with E-state index in [1.807, 2.05) is 0 Å². The predicted molar refractivity (Wildman–Crippen MR) is 110 cm³/mol. The molecule has 4 N–H and O–H groups in total. The van der Waals surface area contributed by atoms with Gasteiger partial charge in [-0.1, -0.05) is 0 Å². The quantitative estimate of drug-likeness (QED) is 0.451. The van der Waals surface area contributed by atoms with E-state index >= 15 is 0 Å². The van der Waals surface area contributed by atoms with Crippen LogP contribution in [0.1, 0.15) is 23.2 Å². The Kier molecular flexibility index (Phi) is 5.71. The van der Waals surface area contributed by atoms with Gasteiger partial charge in [0.1, 0.15) is 4.90 Å². The van der Waals surface area contributed by atoms with Gasteiger partial charge in [-0.15, -0.1) is 0 Å². The number of anilines is 1. The number of aromatic amines is 1. The zero-order chi connectivity index (χ0) is 23.1. The van der Waals surface area contributed by atoms with Gasteiger partial charge in [0.2, 0.25) is 10.0 Å². The Morgan fingerprint density at radius 3 is 2.56 bits per heavy atom. The summed E-state index contributed by atoms with van der Waals surface area (Å²) in [5.41, 5.74) is -0.944. The fraction of sp³-hybridized carbons (Fsp3) is 0.300. The number of aliphatic hydroxyl groups excluding tert-OH is 1. The number of aliphatic hydroxyl groups is 2. The van der Waals surface area contributed by atoms with Crippen molar-refractivity contribution < 1.29 is 32.2 Å². The van der Waals surface area contributed by atoms with Gasteiger partial charge < -0.3 is 20.5 Å². The number of sulfonamides is 1. The number of hydrogen-bond acceptors (Lipinski definition) is 6. The van der Waals surface area contributed by atoms with E-state index in [1.54, 1.807) is 0 Å². The smallest absolute Gasteiger partial charge is 0.255 e. The van der Waals surface area contributed by atoms with E-state index < -0.39 is 39.8 Å². The summed E-state index contributed by atoms with van der Waals surface area (Å²) in [5.74, 6) is -2.93. The first-order valence-electron chi connectivity index (χ1n) is 9.70. The zero-order valence-electron chi connectivity index (χ0n) is 16.7. The molecule has 32 heavy (non-hydrogen) atoms. The summed E-state index contributed by atoms with van der Waals surface area (Å²) in [5, 5.41) is 21.9. The van der Waals surface area contributed by atoms with Crippen molar-refractivity contribution in [1.82, 2.24) is 14.3 Å². The van der Waals surface area contributed by atoms with Crippen molar-refractivity contribution in [3.05, 3.63) is 53.9 Å². The minimum absolute atomic E-state index is 0.000230. The molecule has 12 heteroatoms. The molecule has 4 rings (SSSR count). The van der Waals surface area contributed by atoms with Crippen LogP contribution >= 0.6 is 0 Å². The summed E-state index contributed by atoms with van der Waals surface area (Å²) in [4.78, 5) is 19.3. The Morgan fingerprint density at radius 1 is 1.19 bits per heavy atom. The highest BCUT2D eigenvalue weighted by molar-refractivity contribution is 7.89. The molecule has 0 radical (unpaired) electrons. The van der Waals surface area contributed by atoms with Gasteiger partial charge in [0.25, 0.3) is 5.91 Å². The highest BCUT2D eigenvalue weighted by Crippen LogP contribution is 2.30. The van der Waals surface area contributed by atoms with E-state index in [-0.39, 0.29) is 53.1 Å². The molecule has 1 aliphatic rings. The average molecular weight is 466 g/mol. The molecule has 0 saturated carbocycles. The SMILES string of the molecule is O=C(Nc1ccc(F)c(F)c1)c1cc(S(=O)(=O)N2CCC(O)(CO)CC2)c2[nH]cnc2c1. The number of nitrogens with one attached hydrogen (secondary N) is 2. The van der Waals surface area contributed by atoms with Crippen molar-refractivity contribution >= 4 is 32.7 Å². The summed E-state index contributed by atoms with van der Waals surface area (Å²) >= 11 is 0. The van der Waals surface area contributed by atoms with Crippen molar-refractivity contribution in [3.63, 3.8) is 0 Å². The molecule has 9 nitrogen and oxygen atoms in total. The van der Waals surface area contributed by atoms with Crippen LogP contribution < -0.4 is 5.32 Å². The second kappa shape index (κ2) is 8.20. The molecule has 1 fully saturated rings. The molecular formula is C20H20F2N4O5S. The molecule has 0 spiro atoms. The molecular weight excluding hydrogens is 446 g/mol. The molecule has 170 valence electrons. The number of nitrogens with zero attached hydrogens (tertiary/aromatic N) is 2. The first-order valence-corrected chi connectivity index (χ1v) is 11.1. The second-order valence-corrected chi connectivity index (χ2v) is 9.55. The summed E-state index contributed by atoms with van der Waals surface area (Å²) in [7, 11) is -4.08. The molecule has 1 saturated heterocycles. The molecule has 0 aliphatic carbocycles. The van der Waals surface area contributed by atoms with Gasteiger partial charge in [0.15, 0.2) is 11.6 Å². The standard InChI is InChI=1S/C20H20F2N4O5S/c21-14-2-1-13(9-15(14)22)25-19(28)12-7-16-18(24-11-23-16)17(8-12)32(30,31)26-5-3-20(29,10-27)4-6-26/h1-2,7-9,11,27,29H,3-6,10H2,(H,23,24)(H,25,28). The molecule has 1 aromatic heterocycles. The van der Waals surface area contributed by atoms with E-state index in [0.717, 1.165) is 12.1 Å². The van der Waals surface area contributed by atoms with Crippen LogP contribution in [-0.4, -0.2) is 64.1 Å². The molecule has 0 bridgehead atoms. The Balaban J connectivity index is 1.67. The number of rotatable bonds is 5. The van der Waals surface area contributed by atoms with Crippen LogP contribution in [-0.2, 0) is 10.0 Å². The number of benzene rings is 2. The molecule has 0 atom stereocenters. The molecule has 0 unspecified atom stereocenters. The van der Waals surface area contributed by atoms with E-state index in [1.165, 1.54) is 28.8 Å². The van der Waals surface area contributed by atoms with Crippen LogP contribution in [0.2, 0.25) is 0 Å². The fourth-order valence-corrected chi connectivity index (χ4v) is 5.20. The molecule has 1 amide bonds. The maximum Gasteiger partial charge on any atom is 0.255 e. The van der Waals surface area contributed by atoms with Crippen molar-refractivity contribution in [2.75, 3.05) is 25.0 Å². The third kappa shape index (κ3) is 4.09. The lowest BCUT2D eigenvalue weighted by molar-refractivity contribution is -0.0479. The number of piperidine rings is 1. The maximum absolute atomic E-state index is 13.4. The van der Waals surface area contributed by atoms with E-state index in [4.69, 9.17) is 0 Å². The Bertz CT molecular complexity index is 1290. The van der Waals surface area contributed by atoms with Gasteiger partial charge in [-0.25, -0.2) is 22.2 Å². The van der Waals surface area contributed by atoms with Gasteiger partial charge in [-0.05, 0) is 37.1 Å². The highest BCUT2D eigenvalue weighted by Gasteiger charge is 2.37. The van der Waals surface area contributed by atoms with Crippen molar-refractivity contribution in [2.24, 2.45) is 0 Å². The van der Waals surface area contributed by atoms with Crippen LogP contribution in [0.3, 0.4) is 0 Å². The van der Waals surface area contributed by atoms with Gasteiger partial charge in [0.05, 0.1) is 29.6 Å². The first-order chi connectivity index (χ1) is 15.1. The normalized spacial score (nSPS) is 16.9. The largest absolute Gasteiger partial charge is 0.393 e. The summed E-state index contributed by atoms with van der Waals surface area (Å²) in [6, 6.07) is 5.41. The van der Waals surface area contributed by atoms with Crippen LogP contribution in [0.15, 0.2) is 41.6 Å². The summed E-state index contributed by atoms with van der Waals surface area (Å²) in [6.07, 6.45) is 1.41. The van der Waals surface area contributed by atoms with Gasteiger partial charge in [-0.2, -0.15) is 4.31 Å². The average Bonchev–Trinajstić information content (AvgIpc) is 3.24. The van der Waals surface area contributed by atoms with Crippen LogP contribution in [0.5, 0.6) is 0 Å². The van der Waals surface area contributed by atoms with Crippen LogP contribution in [0.4, 0.5) is 14.5 Å². The molecule has 2 aromatic carbocycles. The topological polar surface area (TPSA) is 136 Å².